The number of nitrogen functional groups attached to an aromatic ring is 1. The number of carbonyl (C=O) groups excluding carboxylic acids is 1. The van der Waals surface area contributed by atoms with Crippen LogP contribution in [0.25, 0.3) is 0 Å². The molecule has 1 saturated carbocycles. The van der Waals surface area contributed by atoms with Gasteiger partial charge in [-0.3, -0.25) is 4.79 Å². The lowest BCUT2D eigenvalue weighted by Gasteiger charge is -2.12. The molecule has 5 nitrogen and oxygen atoms in total. The summed E-state index contributed by atoms with van der Waals surface area (Å²) in [4.78, 5) is 16.7. The lowest BCUT2D eigenvalue weighted by molar-refractivity contribution is 0.0949. The number of anilines is 2. The molecule has 0 aliphatic heterocycles. The van der Waals surface area contributed by atoms with E-state index in [-0.39, 0.29) is 5.91 Å². The van der Waals surface area contributed by atoms with Crippen molar-refractivity contribution < 1.29 is 4.79 Å². The van der Waals surface area contributed by atoms with E-state index in [1.54, 1.807) is 0 Å². The Labute approximate surface area is 111 Å². The van der Waals surface area contributed by atoms with Gasteiger partial charge in [0.2, 0.25) is 0 Å². The normalized spacial score (nSPS) is 16.3. The van der Waals surface area contributed by atoms with E-state index in [4.69, 9.17) is 5.73 Å². The molecular formula is C12H20N4OS. The lowest BCUT2D eigenvalue weighted by atomic mass is 10.0. The predicted molar refractivity (Wildman–Crippen MR) is 75.0 cm³/mol. The molecule has 1 aliphatic rings. The highest BCUT2D eigenvalue weighted by Crippen LogP contribution is 2.47. The Bertz CT molecular complexity index is 439. The van der Waals surface area contributed by atoms with Gasteiger partial charge in [0.05, 0.1) is 0 Å². The maximum absolute atomic E-state index is 12.0. The first-order valence-electron chi connectivity index (χ1n) is 6.38. The molecule has 4 N–H and O–H groups in total. The van der Waals surface area contributed by atoms with Crippen LogP contribution in [0.1, 0.15) is 42.8 Å². The molecule has 0 spiro atoms. The van der Waals surface area contributed by atoms with Crippen LogP contribution in [0.15, 0.2) is 0 Å². The summed E-state index contributed by atoms with van der Waals surface area (Å²) in [6.45, 7) is 5.67. The number of hydrogen-bond donors (Lipinski definition) is 3. The van der Waals surface area contributed by atoms with E-state index in [9.17, 15) is 4.79 Å². The zero-order valence-corrected chi connectivity index (χ0v) is 11.7. The molecule has 18 heavy (non-hydrogen) atoms. The van der Waals surface area contributed by atoms with E-state index in [1.165, 1.54) is 24.2 Å². The van der Waals surface area contributed by atoms with Gasteiger partial charge in [-0.1, -0.05) is 18.3 Å². The third-order valence-electron chi connectivity index (χ3n) is 3.52. The first-order valence-corrected chi connectivity index (χ1v) is 7.20. The number of rotatable bonds is 6. The molecule has 0 radical (unpaired) electrons. The van der Waals surface area contributed by atoms with Gasteiger partial charge in [-0.05, 0) is 31.6 Å². The third-order valence-corrected chi connectivity index (χ3v) is 4.55. The van der Waals surface area contributed by atoms with E-state index < -0.39 is 0 Å². The van der Waals surface area contributed by atoms with Crippen LogP contribution < -0.4 is 16.4 Å². The monoisotopic (exact) mass is 268 g/mol. The Hall–Kier alpha value is -1.30. The van der Waals surface area contributed by atoms with E-state index >= 15 is 0 Å². The van der Waals surface area contributed by atoms with Crippen LogP contribution in [0, 0.1) is 5.41 Å². The maximum Gasteiger partial charge on any atom is 0.265 e. The Morgan fingerprint density at radius 3 is 2.78 bits per heavy atom. The first-order chi connectivity index (χ1) is 8.60. The van der Waals surface area contributed by atoms with Crippen molar-refractivity contribution in [2.75, 3.05) is 24.1 Å². The maximum atomic E-state index is 12.0. The summed E-state index contributed by atoms with van der Waals surface area (Å²) in [6, 6.07) is 0. The van der Waals surface area contributed by atoms with Crippen molar-refractivity contribution in [3.63, 3.8) is 0 Å². The van der Waals surface area contributed by atoms with Crippen LogP contribution in [0.4, 0.5) is 10.9 Å². The number of hydrogen-bond acceptors (Lipinski definition) is 5. The smallest absolute Gasteiger partial charge is 0.265 e. The molecule has 1 amide bonds. The minimum absolute atomic E-state index is 0.103. The average molecular weight is 268 g/mol. The largest absolute Gasteiger partial charge is 0.382 e. The SMILES string of the molecule is CCNc1nc(N)c(C(=O)NCC2(CC)CC2)s1. The molecule has 0 unspecified atom stereocenters. The standard InChI is InChI=1S/C12H20N4OS/c1-3-12(5-6-12)7-15-10(17)8-9(13)16-11(18-8)14-4-2/h3-7,13H2,1-2H3,(H,14,16)(H,15,17). The van der Waals surface area contributed by atoms with Gasteiger partial charge in [0, 0.05) is 13.1 Å². The summed E-state index contributed by atoms with van der Waals surface area (Å²) < 4.78 is 0. The van der Waals surface area contributed by atoms with Crippen molar-refractivity contribution in [3.05, 3.63) is 4.88 Å². The molecule has 1 heterocycles. The molecule has 2 rings (SSSR count). The number of aromatic nitrogens is 1. The molecule has 1 aromatic rings. The van der Waals surface area contributed by atoms with Crippen molar-refractivity contribution in [1.82, 2.24) is 10.3 Å². The highest BCUT2D eigenvalue weighted by atomic mass is 32.1. The van der Waals surface area contributed by atoms with Gasteiger partial charge < -0.3 is 16.4 Å². The molecule has 100 valence electrons. The number of nitrogens with two attached hydrogens (primary N) is 1. The van der Waals surface area contributed by atoms with Crippen molar-refractivity contribution in [1.29, 1.82) is 0 Å². The highest BCUT2D eigenvalue weighted by Gasteiger charge is 2.40. The number of thiazole rings is 1. The Kier molecular flexibility index (Phi) is 3.75. The molecule has 1 fully saturated rings. The third kappa shape index (κ3) is 2.75. The van der Waals surface area contributed by atoms with Crippen LogP contribution >= 0.6 is 11.3 Å². The molecular weight excluding hydrogens is 248 g/mol. The average Bonchev–Trinajstić information content (AvgIpc) is 3.05. The summed E-state index contributed by atoms with van der Waals surface area (Å²) >= 11 is 1.31. The Morgan fingerprint density at radius 1 is 1.50 bits per heavy atom. The second-order valence-electron chi connectivity index (χ2n) is 4.80. The van der Waals surface area contributed by atoms with Crippen LogP contribution in [0.2, 0.25) is 0 Å². The van der Waals surface area contributed by atoms with Gasteiger partial charge in [0.25, 0.3) is 5.91 Å². The first kappa shape index (κ1) is 13.1. The second kappa shape index (κ2) is 5.14. The summed E-state index contributed by atoms with van der Waals surface area (Å²) in [7, 11) is 0. The molecule has 1 aromatic heterocycles. The minimum atomic E-state index is -0.103. The van der Waals surface area contributed by atoms with Crippen LogP contribution in [0.5, 0.6) is 0 Å². The zero-order valence-electron chi connectivity index (χ0n) is 10.9. The Morgan fingerprint density at radius 2 is 2.22 bits per heavy atom. The zero-order chi connectivity index (χ0) is 13.2. The van der Waals surface area contributed by atoms with Gasteiger partial charge >= 0.3 is 0 Å². The second-order valence-corrected chi connectivity index (χ2v) is 5.80. The molecule has 0 bridgehead atoms. The van der Waals surface area contributed by atoms with Gasteiger partial charge in [0.15, 0.2) is 5.13 Å². The van der Waals surface area contributed by atoms with Crippen LogP contribution in [-0.2, 0) is 0 Å². The number of amides is 1. The molecule has 0 saturated heterocycles. The molecule has 6 heteroatoms. The van der Waals surface area contributed by atoms with Gasteiger partial charge in [-0.25, -0.2) is 4.98 Å². The van der Waals surface area contributed by atoms with Gasteiger partial charge in [-0.15, -0.1) is 0 Å². The number of carbonyl (C=O) groups is 1. The summed E-state index contributed by atoms with van der Waals surface area (Å²) in [5.41, 5.74) is 6.11. The van der Waals surface area contributed by atoms with Crippen LogP contribution in [0.3, 0.4) is 0 Å². The lowest BCUT2D eigenvalue weighted by Crippen LogP contribution is -2.29. The predicted octanol–water partition coefficient (Wildman–Crippen LogP) is 2.08. The van der Waals surface area contributed by atoms with Crippen molar-refractivity contribution in [2.45, 2.75) is 33.1 Å². The van der Waals surface area contributed by atoms with Crippen molar-refractivity contribution >= 4 is 28.2 Å². The van der Waals surface area contributed by atoms with Crippen molar-refractivity contribution in [2.24, 2.45) is 5.41 Å². The number of nitrogens with zero attached hydrogens (tertiary/aromatic N) is 1. The fourth-order valence-electron chi connectivity index (χ4n) is 1.90. The summed E-state index contributed by atoms with van der Waals surface area (Å²) in [5, 5.41) is 6.74. The molecule has 1 aliphatic carbocycles. The Balaban J connectivity index is 1.96. The number of nitrogens with one attached hydrogen (secondary N) is 2. The van der Waals surface area contributed by atoms with E-state index in [1.807, 2.05) is 6.92 Å². The van der Waals surface area contributed by atoms with Crippen molar-refractivity contribution in [3.8, 4) is 0 Å². The topological polar surface area (TPSA) is 80.0 Å². The summed E-state index contributed by atoms with van der Waals surface area (Å²) in [5.74, 6) is 0.212. The molecule has 0 aromatic carbocycles. The van der Waals surface area contributed by atoms with Gasteiger partial charge in [0.1, 0.15) is 10.7 Å². The fourth-order valence-corrected chi connectivity index (χ4v) is 2.77. The van der Waals surface area contributed by atoms with E-state index in [0.29, 0.717) is 21.2 Å². The van der Waals surface area contributed by atoms with E-state index in [0.717, 1.165) is 19.5 Å². The van der Waals surface area contributed by atoms with Gasteiger partial charge in [-0.2, -0.15) is 0 Å². The molecule has 0 atom stereocenters. The van der Waals surface area contributed by atoms with Crippen LogP contribution in [-0.4, -0.2) is 24.0 Å². The minimum Gasteiger partial charge on any atom is -0.382 e. The fraction of sp³-hybridized carbons (Fsp3) is 0.667. The summed E-state index contributed by atoms with van der Waals surface area (Å²) in [6.07, 6.45) is 3.54. The quantitative estimate of drug-likeness (QED) is 0.738. The highest BCUT2D eigenvalue weighted by molar-refractivity contribution is 7.18. The van der Waals surface area contributed by atoms with E-state index in [2.05, 4.69) is 22.5 Å².